The quantitative estimate of drug-likeness (QED) is 0.884. The molecule has 24 heavy (non-hydrogen) atoms. The fourth-order valence-corrected chi connectivity index (χ4v) is 2.35. The van der Waals surface area contributed by atoms with Gasteiger partial charge in [0.05, 0.1) is 17.7 Å². The highest BCUT2D eigenvalue weighted by Gasteiger charge is 2.10. The molecule has 2 aromatic carbocycles. The van der Waals surface area contributed by atoms with Crippen molar-refractivity contribution in [2.75, 3.05) is 6.54 Å². The highest BCUT2D eigenvalue weighted by Crippen LogP contribution is 2.23. The fraction of sp³-hybridized carbons (Fsp3) is 0.300. The molecule has 0 saturated heterocycles. The molecule has 0 radical (unpaired) electrons. The zero-order valence-electron chi connectivity index (χ0n) is 14.2. The summed E-state index contributed by atoms with van der Waals surface area (Å²) in [4.78, 5) is 11.5. The van der Waals surface area contributed by atoms with Gasteiger partial charge in [-0.1, -0.05) is 43.3 Å². The van der Waals surface area contributed by atoms with Crippen molar-refractivity contribution < 1.29 is 9.53 Å². The number of alkyl carbamates (subject to hydrolysis) is 1. The minimum absolute atomic E-state index is 0.119. The minimum atomic E-state index is -0.383. The number of hydrogen-bond acceptors (Lipinski definition) is 3. The molecule has 1 atom stereocenters. The van der Waals surface area contributed by atoms with Crippen LogP contribution >= 0.6 is 0 Å². The summed E-state index contributed by atoms with van der Waals surface area (Å²) in [6.07, 6.45) is -0.502. The average Bonchev–Trinajstić information content (AvgIpc) is 2.59. The average molecular weight is 322 g/mol. The molecule has 1 unspecified atom stereocenters. The molecule has 0 heterocycles. The maximum atomic E-state index is 11.5. The van der Waals surface area contributed by atoms with E-state index < -0.39 is 0 Å². The summed E-state index contributed by atoms with van der Waals surface area (Å²) < 4.78 is 5.06. The molecule has 0 aliphatic rings. The second-order valence-corrected chi connectivity index (χ2v) is 6.05. The lowest BCUT2D eigenvalue weighted by Gasteiger charge is -2.15. The Morgan fingerprint density at radius 1 is 1.04 bits per heavy atom. The van der Waals surface area contributed by atoms with Crippen LogP contribution in [-0.4, -0.2) is 18.7 Å². The van der Waals surface area contributed by atoms with Gasteiger partial charge in [0.25, 0.3) is 0 Å². The van der Waals surface area contributed by atoms with Crippen LogP contribution in [-0.2, 0) is 4.74 Å². The molecule has 2 rings (SSSR count). The maximum Gasteiger partial charge on any atom is 0.407 e. The fourth-order valence-electron chi connectivity index (χ4n) is 2.35. The molecule has 0 aliphatic carbocycles. The van der Waals surface area contributed by atoms with Crippen molar-refractivity contribution >= 4 is 6.09 Å². The number of rotatable bonds is 5. The van der Waals surface area contributed by atoms with Crippen molar-refractivity contribution in [2.45, 2.75) is 32.8 Å². The van der Waals surface area contributed by atoms with Gasteiger partial charge in [0.15, 0.2) is 0 Å². The van der Waals surface area contributed by atoms with E-state index in [0.717, 1.165) is 16.7 Å². The van der Waals surface area contributed by atoms with E-state index in [1.165, 1.54) is 0 Å². The van der Waals surface area contributed by atoms with Crippen molar-refractivity contribution in [3.8, 4) is 17.2 Å². The van der Waals surface area contributed by atoms with Crippen LogP contribution in [0.2, 0.25) is 0 Å². The molecule has 0 fully saturated rings. The zero-order chi connectivity index (χ0) is 17.5. The number of ether oxygens (including phenoxy) is 1. The van der Waals surface area contributed by atoms with Crippen LogP contribution in [0, 0.1) is 11.3 Å². The molecule has 1 amide bonds. The molecule has 124 valence electrons. The van der Waals surface area contributed by atoms with E-state index >= 15 is 0 Å². The molecule has 1 N–H and O–H groups in total. The molecule has 0 aliphatic heterocycles. The normalized spacial score (nSPS) is 11.6. The molecule has 0 bridgehead atoms. The third kappa shape index (κ3) is 4.85. The first-order valence-corrected chi connectivity index (χ1v) is 8.04. The molecule has 4 heteroatoms. The number of nitriles is 1. The van der Waals surface area contributed by atoms with Crippen LogP contribution in [0.4, 0.5) is 4.79 Å². The Kier molecular flexibility index (Phi) is 5.97. The Hall–Kier alpha value is -2.80. The first-order chi connectivity index (χ1) is 11.5. The zero-order valence-corrected chi connectivity index (χ0v) is 14.2. The largest absolute Gasteiger partial charge is 0.447 e. The Bertz CT molecular complexity index is 713. The molecular weight excluding hydrogens is 300 g/mol. The molecule has 0 saturated carbocycles. The number of benzene rings is 2. The smallest absolute Gasteiger partial charge is 0.407 e. The van der Waals surface area contributed by atoms with E-state index in [2.05, 4.69) is 42.6 Å². The summed E-state index contributed by atoms with van der Waals surface area (Å²) in [6, 6.07) is 17.9. The lowest BCUT2D eigenvalue weighted by molar-refractivity contribution is 0.115. The van der Waals surface area contributed by atoms with Crippen LogP contribution in [0.5, 0.6) is 0 Å². The third-order valence-electron chi connectivity index (χ3n) is 3.72. The van der Waals surface area contributed by atoms with Crippen molar-refractivity contribution in [3.63, 3.8) is 0 Å². The predicted octanol–water partition coefficient (Wildman–Crippen LogP) is 4.46. The van der Waals surface area contributed by atoms with Crippen LogP contribution in [0.1, 0.15) is 37.8 Å². The van der Waals surface area contributed by atoms with Crippen LogP contribution in [0.3, 0.4) is 0 Å². The summed E-state index contributed by atoms with van der Waals surface area (Å²) >= 11 is 0. The van der Waals surface area contributed by atoms with Gasteiger partial charge in [-0.15, -0.1) is 0 Å². The highest BCUT2D eigenvalue weighted by atomic mass is 16.6. The number of amides is 1. The lowest BCUT2D eigenvalue weighted by atomic mass is 9.97. The predicted molar refractivity (Wildman–Crippen MR) is 94.6 cm³/mol. The topological polar surface area (TPSA) is 62.1 Å². The van der Waals surface area contributed by atoms with Gasteiger partial charge in [0.1, 0.15) is 0 Å². The van der Waals surface area contributed by atoms with E-state index in [9.17, 15) is 4.79 Å². The number of hydrogen-bond donors (Lipinski definition) is 1. The van der Waals surface area contributed by atoms with Crippen LogP contribution in [0.15, 0.2) is 48.5 Å². The van der Waals surface area contributed by atoms with E-state index in [0.29, 0.717) is 12.1 Å². The number of nitrogens with one attached hydrogen (secondary N) is 1. The van der Waals surface area contributed by atoms with Gasteiger partial charge >= 0.3 is 6.09 Å². The molecule has 0 aromatic heterocycles. The Morgan fingerprint density at radius 2 is 1.58 bits per heavy atom. The Balaban J connectivity index is 1.98. The molecule has 2 aromatic rings. The van der Waals surface area contributed by atoms with Crippen LogP contribution < -0.4 is 5.32 Å². The Labute approximate surface area is 143 Å². The van der Waals surface area contributed by atoms with Gasteiger partial charge in [0.2, 0.25) is 0 Å². The van der Waals surface area contributed by atoms with E-state index in [1.807, 2.05) is 38.1 Å². The van der Waals surface area contributed by atoms with E-state index in [-0.39, 0.29) is 18.1 Å². The SMILES string of the molecule is CC(C)OC(=O)NCC(C)c1ccc(-c2ccc(C#N)cc2)cc1. The van der Waals surface area contributed by atoms with Crippen molar-refractivity contribution in [1.82, 2.24) is 5.32 Å². The van der Waals surface area contributed by atoms with Gasteiger partial charge in [0, 0.05) is 6.54 Å². The first-order valence-electron chi connectivity index (χ1n) is 8.04. The molecule has 0 spiro atoms. The maximum absolute atomic E-state index is 11.5. The van der Waals surface area contributed by atoms with Crippen LogP contribution in [0.25, 0.3) is 11.1 Å². The summed E-state index contributed by atoms with van der Waals surface area (Å²) in [6.45, 7) is 6.24. The first kappa shape index (κ1) is 17.6. The second-order valence-electron chi connectivity index (χ2n) is 6.05. The second kappa shape index (κ2) is 8.16. The van der Waals surface area contributed by atoms with E-state index in [4.69, 9.17) is 10.00 Å². The molecular formula is C20H22N2O2. The summed E-state index contributed by atoms with van der Waals surface area (Å²) in [7, 11) is 0. The lowest BCUT2D eigenvalue weighted by Crippen LogP contribution is -2.30. The summed E-state index contributed by atoms with van der Waals surface area (Å²) in [5.74, 6) is 0.194. The van der Waals surface area contributed by atoms with Gasteiger partial charge in [-0.25, -0.2) is 4.79 Å². The number of nitrogens with zero attached hydrogens (tertiary/aromatic N) is 1. The van der Waals surface area contributed by atoms with Gasteiger partial charge in [-0.2, -0.15) is 5.26 Å². The van der Waals surface area contributed by atoms with Crippen molar-refractivity contribution in [3.05, 3.63) is 59.7 Å². The van der Waals surface area contributed by atoms with Crippen molar-refractivity contribution in [1.29, 1.82) is 5.26 Å². The number of carbonyl (C=O) groups is 1. The van der Waals surface area contributed by atoms with E-state index in [1.54, 1.807) is 0 Å². The van der Waals surface area contributed by atoms with Gasteiger partial charge in [-0.05, 0) is 48.6 Å². The Morgan fingerprint density at radius 3 is 2.08 bits per heavy atom. The highest BCUT2D eigenvalue weighted by molar-refractivity contribution is 5.67. The monoisotopic (exact) mass is 322 g/mol. The van der Waals surface area contributed by atoms with Gasteiger partial charge < -0.3 is 10.1 Å². The van der Waals surface area contributed by atoms with Crippen molar-refractivity contribution in [2.24, 2.45) is 0 Å². The standard InChI is InChI=1S/C20H22N2O2/c1-14(2)24-20(23)22-13-15(3)17-8-10-19(11-9-17)18-6-4-16(12-21)5-7-18/h4-11,14-15H,13H2,1-3H3,(H,22,23). The van der Waals surface area contributed by atoms with Gasteiger partial charge in [-0.3, -0.25) is 0 Å². The molecule has 4 nitrogen and oxygen atoms in total. The third-order valence-corrected chi connectivity index (χ3v) is 3.72. The summed E-state index contributed by atoms with van der Waals surface area (Å²) in [5, 5.41) is 11.6. The number of carbonyl (C=O) groups excluding carboxylic acids is 1. The summed E-state index contributed by atoms with van der Waals surface area (Å²) in [5.41, 5.74) is 3.98. The minimum Gasteiger partial charge on any atom is -0.447 e.